The van der Waals surface area contributed by atoms with Crippen molar-refractivity contribution in [1.82, 2.24) is 4.90 Å². The van der Waals surface area contributed by atoms with Crippen LogP contribution in [-0.4, -0.2) is 30.5 Å². The minimum Gasteiger partial charge on any atom is -0.483 e. The Balaban J connectivity index is 1.47. The maximum atomic E-state index is 12.5. The summed E-state index contributed by atoms with van der Waals surface area (Å²) in [6.07, 6.45) is 3.26. The van der Waals surface area contributed by atoms with Crippen molar-refractivity contribution in [1.29, 1.82) is 0 Å². The fourth-order valence-corrected chi connectivity index (χ4v) is 3.59. The van der Waals surface area contributed by atoms with Crippen LogP contribution in [0.4, 0.5) is 0 Å². The summed E-state index contributed by atoms with van der Waals surface area (Å²) < 4.78 is 5.81. The maximum absolute atomic E-state index is 12.5. The van der Waals surface area contributed by atoms with E-state index >= 15 is 0 Å². The highest BCUT2D eigenvalue weighted by atomic mass is 16.5. The molecule has 0 N–H and O–H groups in total. The molecule has 1 saturated heterocycles. The third-order valence-corrected chi connectivity index (χ3v) is 5.08. The topological polar surface area (TPSA) is 29.5 Å². The van der Waals surface area contributed by atoms with Crippen molar-refractivity contribution in [2.24, 2.45) is 5.92 Å². The van der Waals surface area contributed by atoms with Crippen LogP contribution in [0.1, 0.15) is 29.5 Å². The van der Waals surface area contributed by atoms with Crippen molar-refractivity contribution < 1.29 is 9.53 Å². The number of carbonyl (C=O) groups is 1. The van der Waals surface area contributed by atoms with Crippen LogP contribution in [0.25, 0.3) is 0 Å². The highest BCUT2D eigenvalue weighted by Gasteiger charge is 2.23. The number of para-hydroxylation sites is 1. The summed E-state index contributed by atoms with van der Waals surface area (Å²) in [5.74, 6) is 1.61. The minimum atomic E-state index is 0.0980. The number of carbonyl (C=O) groups excluding carboxylic acids is 1. The van der Waals surface area contributed by atoms with E-state index in [1.807, 2.05) is 36.9 Å². The molecule has 1 fully saturated rings. The molecule has 0 aliphatic carbocycles. The van der Waals surface area contributed by atoms with Crippen LogP contribution in [0.15, 0.2) is 48.5 Å². The molecule has 132 valence electrons. The molecule has 1 amide bonds. The summed E-state index contributed by atoms with van der Waals surface area (Å²) in [6, 6.07) is 16.7. The lowest BCUT2D eigenvalue weighted by atomic mass is 9.90. The van der Waals surface area contributed by atoms with Crippen molar-refractivity contribution in [2.75, 3.05) is 19.7 Å². The van der Waals surface area contributed by atoms with E-state index in [0.717, 1.165) is 49.2 Å². The van der Waals surface area contributed by atoms with E-state index in [-0.39, 0.29) is 12.5 Å². The Kier molecular flexibility index (Phi) is 5.75. The van der Waals surface area contributed by atoms with Gasteiger partial charge in [0, 0.05) is 13.1 Å². The van der Waals surface area contributed by atoms with Crippen molar-refractivity contribution in [2.45, 2.75) is 33.1 Å². The number of benzene rings is 2. The quantitative estimate of drug-likeness (QED) is 0.820. The second kappa shape index (κ2) is 8.19. The third kappa shape index (κ3) is 4.62. The maximum Gasteiger partial charge on any atom is 0.260 e. The first kappa shape index (κ1) is 17.5. The summed E-state index contributed by atoms with van der Waals surface area (Å²) in [4.78, 5) is 14.4. The van der Waals surface area contributed by atoms with Gasteiger partial charge in [0.05, 0.1) is 0 Å². The molecule has 2 aromatic carbocycles. The molecule has 0 bridgehead atoms. The molecule has 1 aliphatic rings. The molecule has 3 heteroatoms. The fourth-order valence-electron chi connectivity index (χ4n) is 3.59. The van der Waals surface area contributed by atoms with Crippen LogP contribution in [-0.2, 0) is 11.2 Å². The minimum absolute atomic E-state index is 0.0980. The van der Waals surface area contributed by atoms with Gasteiger partial charge in [-0.05, 0) is 55.7 Å². The first-order valence-electron chi connectivity index (χ1n) is 9.14. The van der Waals surface area contributed by atoms with Crippen LogP contribution in [0.3, 0.4) is 0 Å². The molecule has 0 spiro atoms. The van der Waals surface area contributed by atoms with Crippen molar-refractivity contribution in [3.8, 4) is 5.75 Å². The Bertz CT molecular complexity index is 683. The van der Waals surface area contributed by atoms with Crippen LogP contribution in [0.5, 0.6) is 5.75 Å². The summed E-state index contributed by atoms with van der Waals surface area (Å²) >= 11 is 0. The van der Waals surface area contributed by atoms with Gasteiger partial charge in [-0.15, -0.1) is 0 Å². The van der Waals surface area contributed by atoms with Crippen molar-refractivity contribution in [3.05, 3.63) is 65.2 Å². The second-order valence-electron chi connectivity index (χ2n) is 7.02. The molecular formula is C22H27NO2. The lowest BCUT2D eigenvalue weighted by Gasteiger charge is -2.32. The van der Waals surface area contributed by atoms with E-state index < -0.39 is 0 Å². The average molecular weight is 337 g/mol. The molecule has 0 radical (unpaired) electrons. The van der Waals surface area contributed by atoms with Crippen molar-refractivity contribution in [3.63, 3.8) is 0 Å². The number of aryl methyl sites for hydroxylation is 2. The highest BCUT2D eigenvalue weighted by Crippen LogP contribution is 2.24. The Morgan fingerprint density at radius 1 is 1.00 bits per heavy atom. The SMILES string of the molecule is Cc1cccc(C)c1OCC(=O)N1CCC(Cc2ccccc2)CC1. The Labute approximate surface area is 150 Å². The fraction of sp³-hybridized carbons (Fsp3) is 0.409. The Morgan fingerprint density at radius 2 is 1.64 bits per heavy atom. The predicted molar refractivity (Wildman–Crippen MR) is 101 cm³/mol. The molecule has 2 aromatic rings. The normalized spacial score (nSPS) is 15.2. The van der Waals surface area contributed by atoms with Gasteiger partial charge in [-0.2, -0.15) is 0 Å². The van der Waals surface area contributed by atoms with Crippen LogP contribution >= 0.6 is 0 Å². The summed E-state index contributed by atoms with van der Waals surface area (Å²) in [5.41, 5.74) is 3.55. The van der Waals surface area contributed by atoms with Gasteiger partial charge in [-0.1, -0.05) is 48.5 Å². The van der Waals surface area contributed by atoms with Gasteiger partial charge < -0.3 is 9.64 Å². The number of hydrogen-bond donors (Lipinski definition) is 0. The van der Waals surface area contributed by atoms with Crippen LogP contribution < -0.4 is 4.74 Å². The monoisotopic (exact) mass is 337 g/mol. The average Bonchev–Trinajstić information content (AvgIpc) is 2.62. The highest BCUT2D eigenvalue weighted by molar-refractivity contribution is 5.78. The third-order valence-electron chi connectivity index (χ3n) is 5.08. The van der Waals surface area contributed by atoms with E-state index in [2.05, 4.69) is 30.3 Å². The number of ether oxygens (including phenoxy) is 1. The summed E-state index contributed by atoms with van der Waals surface area (Å²) in [5, 5.41) is 0. The molecule has 0 saturated carbocycles. The number of piperidine rings is 1. The van der Waals surface area contributed by atoms with Crippen LogP contribution in [0, 0.1) is 19.8 Å². The van der Waals surface area contributed by atoms with E-state index in [4.69, 9.17) is 4.74 Å². The number of hydrogen-bond acceptors (Lipinski definition) is 2. The first-order chi connectivity index (χ1) is 12.1. The molecule has 25 heavy (non-hydrogen) atoms. The predicted octanol–water partition coefficient (Wildman–Crippen LogP) is 4.16. The van der Waals surface area contributed by atoms with Gasteiger partial charge in [-0.3, -0.25) is 4.79 Å². The molecular weight excluding hydrogens is 310 g/mol. The molecule has 0 unspecified atom stereocenters. The van der Waals surface area contributed by atoms with Gasteiger partial charge in [0.1, 0.15) is 5.75 Å². The van der Waals surface area contributed by atoms with E-state index in [0.29, 0.717) is 5.92 Å². The lowest BCUT2D eigenvalue weighted by Crippen LogP contribution is -2.41. The number of nitrogens with zero attached hydrogens (tertiary/aromatic N) is 1. The molecule has 0 aromatic heterocycles. The van der Waals surface area contributed by atoms with E-state index in [1.165, 1.54) is 5.56 Å². The molecule has 3 rings (SSSR count). The molecule has 3 nitrogen and oxygen atoms in total. The standard InChI is InChI=1S/C22H27NO2/c1-17-7-6-8-18(2)22(17)25-16-21(24)23-13-11-20(12-14-23)15-19-9-4-3-5-10-19/h3-10,20H,11-16H2,1-2H3. The van der Waals surface area contributed by atoms with Crippen LogP contribution in [0.2, 0.25) is 0 Å². The molecule has 1 heterocycles. The molecule has 0 atom stereocenters. The van der Waals surface area contributed by atoms with Gasteiger partial charge in [-0.25, -0.2) is 0 Å². The van der Waals surface area contributed by atoms with Gasteiger partial charge in [0.2, 0.25) is 0 Å². The number of rotatable bonds is 5. The molecule has 1 aliphatic heterocycles. The summed E-state index contributed by atoms with van der Waals surface area (Å²) in [7, 11) is 0. The zero-order valence-electron chi connectivity index (χ0n) is 15.2. The lowest BCUT2D eigenvalue weighted by molar-refractivity contribution is -0.134. The zero-order chi connectivity index (χ0) is 17.6. The largest absolute Gasteiger partial charge is 0.483 e. The van der Waals surface area contributed by atoms with Crippen molar-refractivity contribution >= 4 is 5.91 Å². The van der Waals surface area contributed by atoms with E-state index in [1.54, 1.807) is 0 Å². The zero-order valence-corrected chi connectivity index (χ0v) is 15.2. The van der Waals surface area contributed by atoms with Gasteiger partial charge in [0.15, 0.2) is 6.61 Å². The first-order valence-corrected chi connectivity index (χ1v) is 9.14. The number of likely N-dealkylation sites (tertiary alicyclic amines) is 1. The van der Waals surface area contributed by atoms with E-state index in [9.17, 15) is 4.79 Å². The number of amides is 1. The van der Waals surface area contributed by atoms with Gasteiger partial charge in [0.25, 0.3) is 5.91 Å². The summed E-state index contributed by atoms with van der Waals surface area (Å²) in [6.45, 7) is 5.84. The Hall–Kier alpha value is -2.29. The second-order valence-corrected chi connectivity index (χ2v) is 7.02. The van der Waals surface area contributed by atoms with Gasteiger partial charge >= 0.3 is 0 Å². The Morgan fingerprint density at radius 3 is 2.28 bits per heavy atom. The smallest absolute Gasteiger partial charge is 0.260 e.